The van der Waals surface area contributed by atoms with E-state index in [1.54, 1.807) is 35.0 Å². The molecule has 3 heterocycles. The number of aryl methyl sites for hydroxylation is 1. The van der Waals surface area contributed by atoms with Crippen molar-refractivity contribution in [2.45, 2.75) is 19.9 Å². The van der Waals surface area contributed by atoms with Gasteiger partial charge in [0.05, 0.1) is 10.9 Å². The van der Waals surface area contributed by atoms with Crippen LogP contribution >= 0.6 is 0 Å². The number of aromatic nitrogens is 3. The van der Waals surface area contributed by atoms with E-state index in [0.29, 0.717) is 37.5 Å². The van der Waals surface area contributed by atoms with Gasteiger partial charge in [0.15, 0.2) is 5.49 Å². The summed E-state index contributed by atoms with van der Waals surface area (Å²) >= 11 is 0. The van der Waals surface area contributed by atoms with Crippen LogP contribution < -0.4 is 11.0 Å². The van der Waals surface area contributed by atoms with Crippen LogP contribution in [0, 0.1) is 11.3 Å². The highest BCUT2D eigenvalue weighted by atomic mass is 16.5. The molecule has 170 valence electrons. The van der Waals surface area contributed by atoms with Crippen LogP contribution in [0.2, 0.25) is 0 Å². The maximum absolute atomic E-state index is 13.1. The van der Waals surface area contributed by atoms with Gasteiger partial charge in [-0.1, -0.05) is 36.4 Å². The van der Waals surface area contributed by atoms with Crippen molar-refractivity contribution in [1.29, 1.82) is 5.26 Å². The van der Waals surface area contributed by atoms with E-state index < -0.39 is 5.91 Å². The first-order chi connectivity index (χ1) is 16.6. The summed E-state index contributed by atoms with van der Waals surface area (Å²) in [6.45, 7) is 3.34. The van der Waals surface area contributed by atoms with Crippen LogP contribution in [-0.2, 0) is 16.1 Å². The Hall–Kier alpha value is -4.35. The monoisotopic (exact) mass is 453 g/mol. The second-order valence-corrected chi connectivity index (χ2v) is 7.47. The minimum absolute atomic E-state index is 0.125. The molecule has 0 fully saturated rings. The number of hydrogen-bond donors (Lipinski definition) is 0. The van der Waals surface area contributed by atoms with Gasteiger partial charge >= 0.3 is 0 Å². The van der Waals surface area contributed by atoms with Gasteiger partial charge in [-0.15, -0.1) is 0 Å². The van der Waals surface area contributed by atoms with E-state index in [-0.39, 0.29) is 22.0 Å². The van der Waals surface area contributed by atoms with E-state index in [9.17, 15) is 14.9 Å². The molecule has 1 aromatic carbocycles. The fraction of sp³-hybridized carbons (Fsp3) is 0.192. The van der Waals surface area contributed by atoms with Crippen LogP contribution in [0.1, 0.15) is 24.5 Å². The number of benzene rings is 1. The smallest absolute Gasteiger partial charge is 0.271 e. The number of nitriles is 1. The largest absolute Gasteiger partial charge is 0.382 e. The maximum Gasteiger partial charge on any atom is 0.271 e. The van der Waals surface area contributed by atoms with Crippen molar-refractivity contribution >= 4 is 28.7 Å². The molecule has 0 atom stereocenters. The standard InChI is InChI=1S/C26H23N5O3/c1-2-34-16-8-15-31-24(29-23(32)13-12-19-9-4-3-5-10-19)20(18-27)17-21-25(31)28-22-11-6-7-14-30(22)26(21)33/h3-7,9-14,17H,2,8,15-16H2,1H3/b13-12+,29-24?. The number of carbonyl (C=O) groups excluding carboxylic acids is 1. The molecule has 8 heteroatoms. The van der Waals surface area contributed by atoms with Gasteiger partial charge in [-0.25, -0.2) is 4.98 Å². The van der Waals surface area contributed by atoms with Crippen molar-refractivity contribution in [3.63, 3.8) is 0 Å². The third kappa shape index (κ3) is 4.85. The Labute approximate surface area is 195 Å². The van der Waals surface area contributed by atoms with Crippen LogP contribution in [0.15, 0.2) is 76.7 Å². The number of rotatable bonds is 7. The van der Waals surface area contributed by atoms with Gasteiger partial charge in [-0.2, -0.15) is 10.3 Å². The summed E-state index contributed by atoms with van der Waals surface area (Å²) in [4.78, 5) is 34.7. The Bertz CT molecular complexity index is 1540. The van der Waals surface area contributed by atoms with E-state index >= 15 is 0 Å². The highest BCUT2D eigenvalue weighted by Crippen LogP contribution is 2.11. The summed E-state index contributed by atoms with van der Waals surface area (Å²) < 4.78 is 8.54. The van der Waals surface area contributed by atoms with Crippen molar-refractivity contribution in [2.24, 2.45) is 4.99 Å². The van der Waals surface area contributed by atoms with Gasteiger partial charge in [0, 0.05) is 32.0 Å². The number of ether oxygens (including phenoxy) is 1. The predicted molar refractivity (Wildman–Crippen MR) is 129 cm³/mol. The van der Waals surface area contributed by atoms with E-state index in [1.807, 2.05) is 37.3 Å². The Kier molecular flexibility index (Phi) is 7.06. The van der Waals surface area contributed by atoms with Crippen LogP contribution in [-0.4, -0.2) is 33.1 Å². The lowest BCUT2D eigenvalue weighted by Crippen LogP contribution is -2.29. The first-order valence-electron chi connectivity index (χ1n) is 11.0. The number of amides is 1. The molecule has 0 spiro atoms. The number of fused-ring (bicyclic) bond motifs is 2. The zero-order valence-corrected chi connectivity index (χ0v) is 18.7. The summed E-state index contributed by atoms with van der Waals surface area (Å²) in [7, 11) is 0. The van der Waals surface area contributed by atoms with Crippen molar-refractivity contribution in [3.8, 4) is 6.07 Å². The van der Waals surface area contributed by atoms with Crippen molar-refractivity contribution in [2.75, 3.05) is 13.2 Å². The summed E-state index contributed by atoms with van der Waals surface area (Å²) in [6, 6.07) is 18.2. The zero-order chi connectivity index (χ0) is 23.9. The molecule has 34 heavy (non-hydrogen) atoms. The fourth-order valence-corrected chi connectivity index (χ4v) is 3.63. The van der Waals surface area contributed by atoms with Gasteiger partial charge in [0.25, 0.3) is 11.5 Å². The average molecular weight is 454 g/mol. The normalized spacial score (nSPS) is 11.9. The molecule has 4 aromatic rings. The minimum atomic E-state index is -0.518. The second-order valence-electron chi connectivity index (χ2n) is 7.47. The lowest BCUT2D eigenvalue weighted by molar-refractivity contribution is -0.113. The quantitative estimate of drug-likeness (QED) is 0.243. The molecule has 0 aliphatic carbocycles. The van der Waals surface area contributed by atoms with Crippen LogP contribution in [0.25, 0.3) is 22.8 Å². The minimum Gasteiger partial charge on any atom is -0.382 e. The fourth-order valence-electron chi connectivity index (χ4n) is 3.63. The van der Waals surface area contributed by atoms with Crippen molar-refractivity contribution < 1.29 is 9.53 Å². The van der Waals surface area contributed by atoms with Gasteiger partial charge < -0.3 is 9.30 Å². The highest BCUT2D eigenvalue weighted by Gasteiger charge is 2.14. The molecule has 0 aliphatic rings. The van der Waals surface area contributed by atoms with Gasteiger partial charge in [0.2, 0.25) is 0 Å². The van der Waals surface area contributed by atoms with E-state index in [4.69, 9.17) is 4.74 Å². The Morgan fingerprint density at radius 2 is 2.00 bits per heavy atom. The summed E-state index contributed by atoms with van der Waals surface area (Å²) in [5, 5.41) is 10.1. The first-order valence-corrected chi connectivity index (χ1v) is 11.0. The van der Waals surface area contributed by atoms with Crippen LogP contribution in [0.3, 0.4) is 0 Å². The molecule has 0 unspecified atom stereocenters. The molecule has 3 aromatic heterocycles. The summed E-state index contributed by atoms with van der Waals surface area (Å²) in [5.41, 5.74) is 1.68. The SMILES string of the molecule is CCOCCCn1c(=NC(=O)/C=C/c2ccccc2)c(C#N)cc2c(=O)n3ccccc3nc21. The highest BCUT2D eigenvalue weighted by molar-refractivity contribution is 5.92. The summed E-state index contributed by atoms with van der Waals surface area (Å²) in [5.74, 6) is -0.518. The average Bonchev–Trinajstić information content (AvgIpc) is 2.87. The number of nitrogens with zero attached hydrogens (tertiary/aromatic N) is 5. The van der Waals surface area contributed by atoms with Gasteiger partial charge in [0.1, 0.15) is 17.4 Å². The Morgan fingerprint density at radius 1 is 1.21 bits per heavy atom. The molecule has 8 nitrogen and oxygen atoms in total. The molecular formula is C26H23N5O3. The molecule has 0 saturated carbocycles. The van der Waals surface area contributed by atoms with E-state index in [1.165, 1.54) is 16.5 Å². The lowest BCUT2D eigenvalue weighted by Gasteiger charge is -2.13. The molecule has 0 aliphatic heterocycles. The van der Waals surface area contributed by atoms with E-state index in [0.717, 1.165) is 5.56 Å². The van der Waals surface area contributed by atoms with Gasteiger partial charge in [-0.05, 0) is 43.2 Å². The third-order valence-electron chi connectivity index (χ3n) is 5.22. The molecule has 0 saturated heterocycles. The molecule has 1 amide bonds. The first kappa shape index (κ1) is 22.8. The molecule has 0 radical (unpaired) electrons. The van der Waals surface area contributed by atoms with Gasteiger partial charge in [-0.3, -0.25) is 14.0 Å². The topological polar surface area (TPSA) is 102 Å². The molecule has 4 rings (SSSR count). The number of pyridine rings is 2. The number of hydrogen-bond acceptors (Lipinski definition) is 5. The lowest BCUT2D eigenvalue weighted by atomic mass is 10.2. The van der Waals surface area contributed by atoms with Crippen LogP contribution in [0.4, 0.5) is 0 Å². The number of carbonyl (C=O) groups is 1. The van der Waals surface area contributed by atoms with E-state index in [2.05, 4.69) is 16.0 Å². The van der Waals surface area contributed by atoms with Crippen molar-refractivity contribution in [3.05, 3.63) is 93.8 Å². The molecule has 0 bridgehead atoms. The third-order valence-corrected chi connectivity index (χ3v) is 5.22. The zero-order valence-electron chi connectivity index (χ0n) is 18.7. The van der Waals surface area contributed by atoms with Crippen LogP contribution in [0.5, 0.6) is 0 Å². The predicted octanol–water partition coefficient (Wildman–Crippen LogP) is 3.09. The van der Waals surface area contributed by atoms with Crippen molar-refractivity contribution in [1.82, 2.24) is 14.0 Å². The Morgan fingerprint density at radius 3 is 2.76 bits per heavy atom. The second kappa shape index (κ2) is 10.5. The Balaban J connectivity index is 1.91. The molecular weight excluding hydrogens is 430 g/mol. The summed E-state index contributed by atoms with van der Waals surface area (Å²) in [6.07, 6.45) is 5.24. The molecule has 0 N–H and O–H groups in total. The maximum atomic E-state index is 13.1.